The van der Waals surface area contributed by atoms with Crippen molar-refractivity contribution in [1.82, 2.24) is 16.0 Å². The number of aliphatic hydroxyl groups excluding tert-OH is 3. The highest BCUT2D eigenvalue weighted by Crippen LogP contribution is 1.66. The van der Waals surface area contributed by atoms with Crippen molar-refractivity contribution in [2.24, 2.45) is 0 Å². The van der Waals surface area contributed by atoms with E-state index in [1.54, 1.807) is 0 Å². The molecule has 0 bridgehead atoms. The first-order valence-electron chi connectivity index (χ1n) is 2.88. The molecule has 0 aromatic carbocycles. The molecule has 0 aliphatic carbocycles. The van der Waals surface area contributed by atoms with Crippen LogP contribution in [0.3, 0.4) is 0 Å². The summed E-state index contributed by atoms with van der Waals surface area (Å²) in [6.45, 7) is -0.694. The van der Waals surface area contributed by atoms with Crippen LogP contribution in [-0.4, -0.2) is 41.8 Å². The molecule has 0 saturated carbocycles. The van der Waals surface area contributed by atoms with E-state index in [0.717, 1.165) is 0 Å². The highest BCUT2D eigenvalue weighted by molar-refractivity contribution is 4.52. The van der Waals surface area contributed by atoms with Gasteiger partial charge in [0.05, 0.1) is 20.2 Å². The summed E-state index contributed by atoms with van der Waals surface area (Å²) in [7, 11) is 0. The average molecular weight is 151 g/mol. The lowest BCUT2D eigenvalue weighted by Crippen LogP contribution is -2.53. The molecule has 0 aliphatic heterocycles. The highest BCUT2D eigenvalue weighted by atomic mass is 16.3. The molecule has 0 atom stereocenters. The van der Waals surface area contributed by atoms with Gasteiger partial charge in [-0.3, -0.25) is 16.0 Å². The van der Waals surface area contributed by atoms with Gasteiger partial charge in [-0.25, -0.2) is 0 Å². The molecular weight excluding hydrogens is 138 g/mol. The van der Waals surface area contributed by atoms with Crippen LogP contribution in [0.15, 0.2) is 0 Å². The smallest absolute Gasteiger partial charge is 0.117 e. The Bertz CT molecular complexity index is 58.5. The van der Waals surface area contributed by atoms with Gasteiger partial charge in [0.2, 0.25) is 0 Å². The fourth-order valence-electron chi connectivity index (χ4n) is 0.490. The Morgan fingerprint density at radius 1 is 0.800 bits per heavy atom. The number of nitrogens with one attached hydrogen (secondary N) is 3. The van der Waals surface area contributed by atoms with E-state index >= 15 is 0 Å². The number of hydrogen-bond acceptors (Lipinski definition) is 6. The first-order chi connectivity index (χ1) is 4.85. The normalized spacial score (nSPS) is 10.8. The van der Waals surface area contributed by atoms with Crippen LogP contribution < -0.4 is 16.0 Å². The van der Waals surface area contributed by atoms with Gasteiger partial charge in [-0.2, -0.15) is 0 Å². The zero-order valence-corrected chi connectivity index (χ0v) is 5.54. The van der Waals surface area contributed by atoms with E-state index in [9.17, 15) is 0 Å². The molecule has 6 N–H and O–H groups in total. The minimum atomic E-state index is -0.472. The molecule has 0 rings (SSSR count). The predicted octanol–water partition coefficient (Wildman–Crippen LogP) is -3.11. The molecule has 6 nitrogen and oxygen atoms in total. The van der Waals surface area contributed by atoms with Crippen LogP contribution in [0.1, 0.15) is 0 Å². The quantitative estimate of drug-likeness (QED) is 0.225. The highest BCUT2D eigenvalue weighted by Gasteiger charge is 2.00. The summed E-state index contributed by atoms with van der Waals surface area (Å²) in [4.78, 5) is 0. The second-order valence-corrected chi connectivity index (χ2v) is 1.52. The van der Waals surface area contributed by atoms with Crippen molar-refractivity contribution in [3.8, 4) is 0 Å². The van der Waals surface area contributed by atoms with Gasteiger partial charge >= 0.3 is 0 Å². The van der Waals surface area contributed by atoms with Crippen molar-refractivity contribution in [3.05, 3.63) is 0 Å². The van der Waals surface area contributed by atoms with E-state index in [2.05, 4.69) is 16.0 Å². The van der Waals surface area contributed by atoms with Crippen molar-refractivity contribution in [3.63, 3.8) is 0 Å². The Morgan fingerprint density at radius 2 is 1.10 bits per heavy atom. The van der Waals surface area contributed by atoms with Crippen LogP contribution in [0, 0.1) is 0 Å². The van der Waals surface area contributed by atoms with Crippen molar-refractivity contribution in [2.75, 3.05) is 20.2 Å². The summed E-state index contributed by atoms with van der Waals surface area (Å²) in [6.07, 6.45) is -0.472. The summed E-state index contributed by atoms with van der Waals surface area (Å²) in [5.41, 5.74) is 0. The van der Waals surface area contributed by atoms with Gasteiger partial charge in [0.15, 0.2) is 0 Å². The predicted molar refractivity (Wildman–Crippen MR) is 34.5 cm³/mol. The van der Waals surface area contributed by atoms with Crippen LogP contribution in [-0.2, 0) is 0 Å². The van der Waals surface area contributed by atoms with Gasteiger partial charge in [0, 0.05) is 0 Å². The molecule has 10 heavy (non-hydrogen) atoms. The molecule has 0 aliphatic rings. The second kappa shape index (κ2) is 6.87. The van der Waals surface area contributed by atoms with Crippen LogP contribution in [0.4, 0.5) is 0 Å². The van der Waals surface area contributed by atoms with Crippen LogP contribution >= 0.6 is 0 Å². The maximum atomic E-state index is 8.34. The fraction of sp³-hybridized carbons (Fsp3) is 1.00. The monoisotopic (exact) mass is 151 g/mol. The van der Waals surface area contributed by atoms with Crippen molar-refractivity contribution >= 4 is 0 Å². The van der Waals surface area contributed by atoms with Crippen LogP contribution in [0.5, 0.6) is 0 Å². The summed E-state index contributed by atoms with van der Waals surface area (Å²) in [6, 6.07) is 0. The lowest BCUT2D eigenvalue weighted by molar-refractivity contribution is 0.143. The third kappa shape index (κ3) is 4.62. The average Bonchev–Trinajstić information content (AvgIpc) is 1.90. The summed E-state index contributed by atoms with van der Waals surface area (Å²) in [5.74, 6) is 0. The van der Waals surface area contributed by atoms with E-state index in [4.69, 9.17) is 15.3 Å². The standard InChI is InChI=1S/C4H13N3O3/c8-1-5-4(6-2-9)7-3-10/h4-10H,1-3H2. The molecule has 0 heterocycles. The molecule has 0 aromatic heterocycles. The van der Waals surface area contributed by atoms with E-state index < -0.39 is 6.29 Å². The molecule has 0 radical (unpaired) electrons. The molecule has 62 valence electrons. The zero-order chi connectivity index (χ0) is 7.82. The third-order valence-corrected chi connectivity index (χ3v) is 0.886. The van der Waals surface area contributed by atoms with Crippen molar-refractivity contribution < 1.29 is 15.3 Å². The van der Waals surface area contributed by atoms with Crippen molar-refractivity contribution in [2.45, 2.75) is 6.29 Å². The Labute approximate surface area is 58.9 Å². The summed E-state index contributed by atoms with van der Waals surface area (Å²) in [5, 5.41) is 32.5. The van der Waals surface area contributed by atoms with Crippen LogP contribution in [0.25, 0.3) is 0 Å². The second-order valence-electron chi connectivity index (χ2n) is 1.52. The number of aliphatic hydroxyl groups is 3. The Balaban J connectivity index is 3.30. The Morgan fingerprint density at radius 3 is 1.30 bits per heavy atom. The van der Waals surface area contributed by atoms with Gasteiger partial charge in [0.1, 0.15) is 6.29 Å². The number of hydrogen-bond donors (Lipinski definition) is 6. The molecular formula is C4H13N3O3. The summed E-state index contributed by atoms with van der Waals surface area (Å²) < 4.78 is 0. The topological polar surface area (TPSA) is 96.8 Å². The molecule has 6 heteroatoms. The van der Waals surface area contributed by atoms with Gasteiger partial charge in [-0.05, 0) is 0 Å². The van der Waals surface area contributed by atoms with E-state index in [1.807, 2.05) is 0 Å². The van der Waals surface area contributed by atoms with E-state index in [-0.39, 0.29) is 20.2 Å². The van der Waals surface area contributed by atoms with E-state index in [1.165, 1.54) is 0 Å². The van der Waals surface area contributed by atoms with Gasteiger partial charge in [0.25, 0.3) is 0 Å². The first kappa shape index (κ1) is 9.76. The minimum Gasteiger partial charge on any atom is -0.381 e. The fourth-order valence-corrected chi connectivity index (χ4v) is 0.490. The maximum absolute atomic E-state index is 8.34. The van der Waals surface area contributed by atoms with E-state index in [0.29, 0.717) is 0 Å². The summed E-state index contributed by atoms with van der Waals surface area (Å²) >= 11 is 0. The largest absolute Gasteiger partial charge is 0.381 e. The van der Waals surface area contributed by atoms with Crippen molar-refractivity contribution in [1.29, 1.82) is 0 Å². The van der Waals surface area contributed by atoms with Gasteiger partial charge in [-0.1, -0.05) is 0 Å². The van der Waals surface area contributed by atoms with Crippen LogP contribution in [0.2, 0.25) is 0 Å². The SMILES string of the molecule is OCNC(NCO)NCO. The molecule has 0 aromatic rings. The maximum Gasteiger partial charge on any atom is 0.117 e. The molecule has 0 amide bonds. The first-order valence-corrected chi connectivity index (χ1v) is 2.88. The lowest BCUT2D eigenvalue weighted by atomic mass is 10.7. The molecule has 0 saturated heterocycles. The molecule has 0 unspecified atom stereocenters. The molecule has 0 spiro atoms. The Hall–Kier alpha value is -0.240. The number of rotatable bonds is 6. The zero-order valence-electron chi connectivity index (χ0n) is 5.54. The van der Waals surface area contributed by atoms with Gasteiger partial charge in [-0.15, -0.1) is 0 Å². The Kier molecular flexibility index (Phi) is 6.71. The minimum absolute atomic E-state index is 0.231. The van der Waals surface area contributed by atoms with Gasteiger partial charge < -0.3 is 15.3 Å². The lowest BCUT2D eigenvalue weighted by Gasteiger charge is -2.17. The third-order valence-electron chi connectivity index (χ3n) is 0.886. The molecule has 0 fully saturated rings.